The van der Waals surface area contributed by atoms with Crippen LogP contribution >= 0.6 is 11.6 Å². The molecule has 32 heavy (non-hydrogen) atoms. The van der Waals surface area contributed by atoms with Gasteiger partial charge < -0.3 is 0 Å². The van der Waals surface area contributed by atoms with Gasteiger partial charge in [-0.15, -0.1) is 0 Å². The maximum Gasteiger partial charge on any atom is 0.264 e. The van der Waals surface area contributed by atoms with E-state index in [4.69, 9.17) is 16.7 Å². The molecule has 0 saturated carbocycles. The highest BCUT2D eigenvalue weighted by Crippen LogP contribution is 2.42. The minimum atomic E-state index is -3.69. The predicted molar refractivity (Wildman–Crippen MR) is 130 cm³/mol. The summed E-state index contributed by atoms with van der Waals surface area (Å²) in [7, 11) is -2.07. The van der Waals surface area contributed by atoms with Crippen LogP contribution in [0.3, 0.4) is 0 Å². The van der Waals surface area contributed by atoms with Crippen LogP contribution in [0.25, 0.3) is 22.2 Å². The van der Waals surface area contributed by atoms with Gasteiger partial charge in [-0.1, -0.05) is 35.4 Å². The van der Waals surface area contributed by atoms with E-state index < -0.39 is 10.0 Å². The van der Waals surface area contributed by atoms with E-state index >= 15 is 0 Å². The summed E-state index contributed by atoms with van der Waals surface area (Å²) < 4.78 is 30.1. The van der Waals surface area contributed by atoms with E-state index in [1.807, 2.05) is 61.9 Å². The highest BCUT2D eigenvalue weighted by Gasteiger charge is 2.28. The van der Waals surface area contributed by atoms with Crippen molar-refractivity contribution in [1.82, 2.24) is 9.78 Å². The first-order chi connectivity index (χ1) is 15.2. The molecule has 1 aliphatic heterocycles. The van der Waals surface area contributed by atoms with E-state index in [-0.39, 0.29) is 4.90 Å². The lowest BCUT2D eigenvalue weighted by atomic mass is 9.91. The highest BCUT2D eigenvalue weighted by atomic mass is 35.5. The molecular formula is C25H24ClN3O2S. The SMILES string of the molecule is Cc1ccc(S(=O)(=O)N(C)c2ccc3c(c2C)-c2c4cc(Cl)cc(C)c4nn2CC3)cc1. The van der Waals surface area contributed by atoms with Crippen molar-refractivity contribution < 1.29 is 8.42 Å². The van der Waals surface area contributed by atoms with Crippen LogP contribution in [0.4, 0.5) is 5.69 Å². The van der Waals surface area contributed by atoms with Crippen LogP contribution in [-0.2, 0) is 23.0 Å². The summed E-state index contributed by atoms with van der Waals surface area (Å²) in [5.41, 5.74) is 7.81. The Morgan fingerprint density at radius 1 is 1.03 bits per heavy atom. The molecule has 7 heteroatoms. The van der Waals surface area contributed by atoms with Crippen molar-refractivity contribution >= 4 is 38.2 Å². The van der Waals surface area contributed by atoms with Gasteiger partial charge >= 0.3 is 0 Å². The molecule has 0 saturated heterocycles. The summed E-state index contributed by atoms with van der Waals surface area (Å²) in [5, 5.41) is 6.51. The Morgan fingerprint density at radius 2 is 1.75 bits per heavy atom. The molecule has 2 heterocycles. The van der Waals surface area contributed by atoms with E-state index in [0.29, 0.717) is 10.7 Å². The summed E-state index contributed by atoms with van der Waals surface area (Å²) in [4.78, 5) is 0.278. The fourth-order valence-corrected chi connectivity index (χ4v) is 6.17. The maximum atomic E-state index is 13.4. The van der Waals surface area contributed by atoms with Crippen LogP contribution in [0.15, 0.2) is 53.4 Å². The van der Waals surface area contributed by atoms with Crippen molar-refractivity contribution in [2.45, 2.75) is 38.6 Å². The summed E-state index contributed by atoms with van der Waals surface area (Å²) in [6, 6.07) is 14.8. The molecule has 0 unspecified atom stereocenters. The lowest BCUT2D eigenvalue weighted by molar-refractivity contribution is 0.594. The number of aromatic nitrogens is 2. The van der Waals surface area contributed by atoms with Crippen LogP contribution in [0.5, 0.6) is 0 Å². The van der Waals surface area contributed by atoms with Gasteiger partial charge in [-0.05, 0) is 74.2 Å². The van der Waals surface area contributed by atoms with Crippen LogP contribution in [0.2, 0.25) is 5.02 Å². The quantitative estimate of drug-likeness (QED) is 0.392. The Hall–Kier alpha value is -2.83. The van der Waals surface area contributed by atoms with Gasteiger partial charge in [-0.25, -0.2) is 8.42 Å². The zero-order chi connectivity index (χ0) is 22.8. The smallest absolute Gasteiger partial charge is 0.264 e. The normalized spacial score (nSPS) is 13.2. The van der Waals surface area contributed by atoms with Gasteiger partial charge in [0, 0.05) is 29.6 Å². The molecule has 0 radical (unpaired) electrons. The number of hydrogen-bond donors (Lipinski definition) is 0. The molecule has 0 amide bonds. The Morgan fingerprint density at radius 3 is 2.47 bits per heavy atom. The molecule has 0 spiro atoms. The predicted octanol–water partition coefficient (Wildman–Crippen LogP) is 5.66. The molecule has 1 aromatic heterocycles. The largest absolute Gasteiger partial charge is 0.269 e. The lowest BCUT2D eigenvalue weighted by Gasteiger charge is -2.27. The molecule has 0 bridgehead atoms. The first-order valence-electron chi connectivity index (χ1n) is 10.5. The van der Waals surface area contributed by atoms with Crippen molar-refractivity contribution in [2.24, 2.45) is 0 Å². The topological polar surface area (TPSA) is 55.2 Å². The summed E-state index contributed by atoms with van der Waals surface area (Å²) in [6.07, 6.45) is 0.846. The third-order valence-corrected chi connectivity index (χ3v) is 8.37. The number of rotatable bonds is 3. The molecule has 5 nitrogen and oxygen atoms in total. The summed E-state index contributed by atoms with van der Waals surface area (Å²) in [5.74, 6) is 0. The molecule has 4 aromatic rings. The van der Waals surface area contributed by atoms with Gasteiger partial charge in [0.1, 0.15) is 0 Å². The number of aryl methyl sites for hydroxylation is 4. The van der Waals surface area contributed by atoms with E-state index in [2.05, 4.69) is 0 Å². The van der Waals surface area contributed by atoms with Crippen LogP contribution < -0.4 is 4.31 Å². The van der Waals surface area contributed by atoms with Crippen LogP contribution in [0, 0.1) is 20.8 Å². The number of halogens is 1. The molecule has 0 N–H and O–H groups in total. The number of benzene rings is 3. The second-order valence-corrected chi connectivity index (χ2v) is 10.9. The Labute approximate surface area is 193 Å². The molecule has 5 rings (SSSR count). The zero-order valence-corrected chi connectivity index (χ0v) is 20.0. The van der Waals surface area contributed by atoms with E-state index in [0.717, 1.165) is 51.8 Å². The number of anilines is 1. The van der Waals surface area contributed by atoms with E-state index in [9.17, 15) is 8.42 Å². The molecule has 0 atom stereocenters. The molecule has 3 aromatic carbocycles. The standard InChI is InChI=1S/C25H24ClN3O2S/c1-15-5-8-20(9-6-15)32(30,31)28(4)22-10-7-18-11-12-29-25(23(18)17(22)3)21-14-19(26)13-16(2)24(21)27-29/h5-10,13-14H,11-12H2,1-4H3. The van der Waals surface area contributed by atoms with Crippen molar-refractivity contribution in [3.63, 3.8) is 0 Å². The Kier molecular flexibility index (Phi) is 4.84. The molecule has 1 aliphatic rings. The average molecular weight is 466 g/mol. The minimum Gasteiger partial charge on any atom is -0.269 e. The highest BCUT2D eigenvalue weighted by molar-refractivity contribution is 7.92. The molecule has 0 fully saturated rings. The van der Waals surface area contributed by atoms with E-state index in [1.165, 1.54) is 9.87 Å². The zero-order valence-electron chi connectivity index (χ0n) is 18.5. The van der Waals surface area contributed by atoms with Crippen LogP contribution in [-0.4, -0.2) is 25.2 Å². The third-order valence-electron chi connectivity index (χ3n) is 6.37. The molecular weight excluding hydrogens is 442 g/mol. The fourth-order valence-electron chi connectivity index (χ4n) is 4.64. The van der Waals surface area contributed by atoms with Crippen LogP contribution in [0.1, 0.15) is 22.3 Å². The van der Waals surface area contributed by atoms with Gasteiger partial charge in [0.25, 0.3) is 10.0 Å². The number of sulfonamides is 1. The number of nitrogens with zero attached hydrogens (tertiary/aromatic N) is 3. The molecule has 164 valence electrons. The number of fused-ring (bicyclic) bond motifs is 5. The Bertz CT molecular complexity index is 1490. The van der Waals surface area contributed by atoms with Crippen molar-refractivity contribution in [2.75, 3.05) is 11.4 Å². The summed E-state index contributed by atoms with van der Waals surface area (Å²) >= 11 is 6.39. The van der Waals surface area contributed by atoms with Gasteiger partial charge in [0.05, 0.1) is 21.8 Å². The average Bonchev–Trinajstić information content (AvgIpc) is 3.13. The Balaban J connectivity index is 1.70. The monoisotopic (exact) mass is 465 g/mol. The van der Waals surface area contributed by atoms with Crippen molar-refractivity contribution in [3.8, 4) is 11.3 Å². The van der Waals surface area contributed by atoms with Crippen molar-refractivity contribution in [1.29, 1.82) is 0 Å². The van der Waals surface area contributed by atoms with Crippen molar-refractivity contribution in [3.05, 3.63) is 75.8 Å². The van der Waals surface area contributed by atoms with Gasteiger partial charge in [-0.2, -0.15) is 5.10 Å². The second-order valence-electron chi connectivity index (χ2n) is 8.47. The van der Waals surface area contributed by atoms with Gasteiger partial charge in [0.15, 0.2) is 0 Å². The van der Waals surface area contributed by atoms with Gasteiger partial charge in [-0.3, -0.25) is 8.99 Å². The summed E-state index contributed by atoms with van der Waals surface area (Å²) in [6.45, 7) is 6.72. The first-order valence-corrected chi connectivity index (χ1v) is 12.4. The molecule has 0 aliphatic carbocycles. The van der Waals surface area contributed by atoms with Gasteiger partial charge in [0.2, 0.25) is 0 Å². The number of hydrogen-bond acceptors (Lipinski definition) is 3. The van der Waals surface area contributed by atoms with E-state index in [1.54, 1.807) is 19.2 Å². The minimum absolute atomic E-state index is 0.278. The third kappa shape index (κ3) is 3.12. The maximum absolute atomic E-state index is 13.4. The second kappa shape index (κ2) is 7.36. The first kappa shape index (κ1) is 21.0. The fraction of sp³-hybridized carbons (Fsp3) is 0.240. The lowest BCUT2D eigenvalue weighted by Crippen LogP contribution is -2.27.